The van der Waals surface area contributed by atoms with Crippen LogP contribution in [0.3, 0.4) is 0 Å². The van der Waals surface area contributed by atoms with Crippen LogP contribution in [0.5, 0.6) is 0 Å². The van der Waals surface area contributed by atoms with Gasteiger partial charge >= 0.3 is 0 Å². The summed E-state index contributed by atoms with van der Waals surface area (Å²) < 4.78 is 5.49. The van der Waals surface area contributed by atoms with E-state index in [0.29, 0.717) is 11.3 Å². The SMILES string of the molecule is CC1CN(Cc2ccc(Cl)nc2)CCO1. The molecule has 1 aliphatic rings. The number of pyridine rings is 1. The van der Waals surface area contributed by atoms with Gasteiger partial charge in [-0.2, -0.15) is 0 Å². The predicted molar refractivity (Wildman–Crippen MR) is 59.9 cm³/mol. The molecule has 1 aromatic heterocycles. The minimum absolute atomic E-state index is 0.332. The lowest BCUT2D eigenvalue weighted by molar-refractivity contribution is -0.0212. The maximum Gasteiger partial charge on any atom is 0.129 e. The van der Waals surface area contributed by atoms with E-state index in [9.17, 15) is 0 Å². The van der Waals surface area contributed by atoms with Gasteiger partial charge in [0.2, 0.25) is 0 Å². The predicted octanol–water partition coefficient (Wildman–Crippen LogP) is 1.96. The highest BCUT2D eigenvalue weighted by Crippen LogP contribution is 2.11. The monoisotopic (exact) mass is 226 g/mol. The third-order valence-electron chi connectivity index (χ3n) is 2.52. The van der Waals surface area contributed by atoms with Crippen LogP contribution < -0.4 is 0 Å². The number of morpholine rings is 1. The van der Waals surface area contributed by atoms with Crippen LogP contribution in [0.25, 0.3) is 0 Å². The zero-order chi connectivity index (χ0) is 10.7. The molecule has 0 amide bonds. The Bertz CT molecular complexity index is 315. The van der Waals surface area contributed by atoms with Crippen molar-refractivity contribution in [2.75, 3.05) is 19.7 Å². The fourth-order valence-electron chi connectivity index (χ4n) is 1.79. The summed E-state index contributed by atoms with van der Waals surface area (Å²) in [5.74, 6) is 0. The Morgan fingerprint density at radius 1 is 1.60 bits per heavy atom. The lowest BCUT2D eigenvalue weighted by Crippen LogP contribution is -2.40. The first-order chi connectivity index (χ1) is 7.24. The Kier molecular flexibility index (Phi) is 3.57. The minimum atomic E-state index is 0.332. The first-order valence-corrected chi connectivity index (χ1v) is 5.56. The molecular formula is C11H15ClN2O. The molecule has 1 aliphatic heterocycles. The van der Waals surface area contributed by atoms with Crippen molar-refractivity contribution in [3.63, 3.8) is 0 Å². The topological polar surface area (TPSA) is 25.4 Å². The van der Waals surface area contributed by atoms with Gasteiger partial charge in [0.15, 0.2) is 0 Å². The van der Waals surface area contributed by atoms with Crippen molar-refractivity contribution in [3.05, 3.63) is 29.0 Å². The summed E-state index contributed by atoms with van der Waals surface area (Å²) in [5, 5.41) is 0.550. The number of aromatic nitrogens is 1. The van der Waals surface area contributed by atoms with Crippen molar-refractivity contribution in [3.8, 4) is 0 Å². The zero-order valence-electron chi connectivity index (χ0n) is 8.82. The molecule has 2 heterocycles. The molecule has 3 nitrogen and oxygen atoms in total. The molecule has 1 saturated heterocycles. The summed E-state index contributed by atoms with van der Waals surface area (Å²) in [6.07, 6.45) is 2.17. The molecule has 2 rings (SSSR count). The summed E-state index contributed by atoms with van der Waals surface area (Å²) >= 11 is 5.73. The van der Waals surface area contributed by atoms with E-state index in [2.05, 4.69) is 16.8 Å². The average Bonchev–Trinajstić information content (AvgIpc) is 2.22. The molecule has 15 heavy (non-hydrogen) atoms. The number of hydrogen-bond donors (Lipinski definition) is 0. The van der Waals surface area contributed by atoms with Crippen LogP contribution >= 0.6 is 11.6 Å². The van der Waals surface area contributed by atoms with E-state index in [0.717, 1.165) is 26.2 Å². The van der Waals surface area contributed by atoms with Gasteiger partial charge in [0.1, 0.15) is 5.15 Å². The van der Waals surface area contributed by atoms with Crippen LogP contribution in [-0.2, 0) is 11.3 Å². The molecule has 4 heteroatoms. The van der Waals surface area contributed by atoms with Crippen LogP contribution in [0.2, 0.25) is 5.15 Å². The van der Waals surface area contributed by atoms with Crippen LogP contribution in [0, 0.1) is 0 Å². The van der Waals surface area contributed by atoms with Crippen molar-refractivity contribution < 1.29 is 4.74 Å². The van der Waals surface area contributed by atoms with Gasteiger partial charge in [0.25, 0.3) is 0 Å². The Labute approximate surface area is 95.0 Å². The fraction of sp³-hybridized carbons (Fsp3) is 0.545. The number of hydrogen-bond acceptors (Lipinski definition) is 3. The van der Waals surface area contributed by atoms with Gasteiger partial charge in [0.05, 0.1) is 12.7 Å². The number of nitrogens with zero attached hydrogens (tertiary/aromatic N) is 2. The molecule has 0 bridgehead atoms. The van der Waals surface area contributed by atoms with Crippen molar-refractivity contribution in [2.45, 2.75) is 19.6 Å². The highest BCUT2D eigenvalue weighted by atomic mass is 35.5. The molecule has 1 aromatic rings. The van der Waals surface area contributed by atoms with Gasteiger partial charge in [0, 0.05) is 25.8 Å². The maximum absolute atomic E-state index is 5.73. The van der Waals surface area contributed by atoms with E-state index in [1.807, 2.05) is 18.3 Å². The second-order valence-corrected chi connectivity index (χ2v) is 4.29. The van der Waals surface area contributed by atoms with Crippen LogP contribution in [0.15, 0.2) is 18.3 Å². The van der Waals surface area contributed by atoms with Gasteiger partial charge in [-0.3, -0.25) is 4.90 Å². The highest BCUT2D eigenvalue weighted by Gasteiger charge is 2.16. The Morgan fingerprint density at radius 2 is 2.47 bits per heavy atom. The van der Waals surface area contributed by atoms with E-state index in [1.165, 1.54) is 5.56 Å². The molecule has 1 fully saturated rings. The molecule has 0 aliphatic carbocycles. The second-order valence-electron chi connectivity index (χ2n) is 3.91. The van der Waals surface area contributed by atoms with Crippen LogP contribution in [-0.4, -0.2) is 35.7 Å². The van der Waals surface area contributed by atoms with Crippen LogP contribution in [0.1, 0.15) is 12.5 Å². The first kappa shape index (κ1) is 10.9. The second kappa shape index (κ2) is 4.92. The molecule has 82 valence electrons. The van der Waals surface area contributed by atoms with Gasteiger partial charge in [-0.05, 0) is 18.6 Å². The molecule has 1 unspecified atom stereocenters. The zero-order valence-corrected chi connectivity index (χ0v) is 9.57. The number of ether oxygens (including phenoxy) is 1. The maximum atomic E-state index is 5.73. The average molecular weight is 227 g/mol. The molecule has 0 spiro atoms. The normalized spacial score (nSPS) is 22.9. The van der Waals surface area contributed by atoms with E-state index in [4.69, 9.17) is 16.3 Å². The third kappa shape index (κ3) is 3.16. The molecule has 0 aromatic carbocycles. The summed E-state index contributed by atoms with van der Waals surface area (Å²) in [6.45, 7) is 5.84. The summed E-state index contributed by atoms with van der Waals surface area (Å²) in [5.41, 5.74) is 1.20. The van der Waals surface area contributed by atoms with Gasteiger partial charge in [-0.1, -0.05) is 17.7 Å². The summed E-state index contributed by atoms with van der Waals surface area (Å²) in [6, 6.07) is 3.86. The van der Waals surface area contributed by atoms with Crippen LogP contribution in [0.4, 0.5) is 0 Å². The smallest absolute Gasteiger partial charge is 0.129 e. The first-order valence-electron chi connectivity index (χ1n) is 5.18. The van der Waals surface area contributed by atoms with Crippen molar-refractivity contribution in [1.29, 1.82) is 0 Å². The Balaban J connectivity index is 1.93. The standard InChI is InChI=1S/C11H15ClN2O/c1-9-7-14(4-5-15-9)8-10-2-3-11(12)13-6-10/h2-3,6,9H,4-5,7-8H2,1H3. The summed E-state index contributed by atoms with van der Waals surface area (Å²) in [4.78, 5) is 6.45. The molecule has 0 radical (unpaired) electrons. The number of halogens is 1. The molecular weight excluding hydrogens is 212 g/mol. The van der Waals surface area contributed by atoms with E-state index < -0.39 is 0 Å². The number of rotatable bonds is 2. The van der Waals surface area contributed by atoms with E-state index in [-0.39, 0.29) is 0 Å². The van der Waals surface area contributed by atoms with E-state index in [1.54, 1.807) is 0 Å². The Morgan fingerprint density at radius 3 is 3.13 bits per heavy atom. The lowest BCUT2D eigenvalue weighted by Gasteiger charge is -2.30. The van der Waals surface area contributed by atoms with Crippen molar-refractivity contribution >= 4 is 11.6 Å². The van der Waals surface area contributed by atoms with Gasteiger partial charge in [-0.15, -0.1) is 0 Å². The molecule has 1 atom stereocenters. The van der Waals surface area contributed by atoms with Gasteiger partial charge in [-0.25, -0.2) is 4.98 Å². The quantitative estimate of drug-likeness (QED) is 0.721. The Hall–Kier alpha value is -0.640. The lowest BCUT2D eigenvalue weighted by atomic mass is 10.2. The fourth-order valence-corrected chi connectivity index (χ4v) is 1.90. The molecule has 0 saturated carbocycles. The minimum Gasteiger partial charge on any atom is -0.376 e. The largest absolute Gasteiger partial charge is 0.376 e. The third-order valence-corrected chi connectivity index (χ3v) is 2.74. The highest BCUT2D eigenvalue weighted by molar-refractivity contribution is 6.29. The van der Waals surface area contributed by atoms with Crippen molar-refractivity contribution in [2.24, 2.45) is 0 Å². The van der Waals surface area contributed by atoms with Crippen molar-refractivity contribution in [1.82, 2.24) is 9.88 Å². The molecule has 0 N–H and O–H groups in total. The summed E-state index contributed by atoms with van der Waals surface area (Å²) in [7, 11) is 0. The van der Waals surface area contributed by atoms with Gasteiger partial charge < -0.3 is 4.74 Å². The van der Waals surface area contributed by atoms with E-state index >= 15 is 0 Å².